The first-order chi connectivity index (χ1) is 10.2. The molecule has 0 saturated carbocycles. The molecule has 0 fully saturated rings. The number of aryl methyl sites for hydroxylation is 2. The molecule has 1 aromatic heterocycles. The monoisotopic (exact) mass is 278 g/mol. The summed E-state index contributed by atoms with van der Waals surface area (Å²) in [5.74, 6) is 0. The SMILES string of the molecule is Cn1c(-c2ccc3c(c2)CCCC3)ccc(CC#N)c1=O. The predicted molar refractivity (Wildman–Crippen MR) is 83.1 cm³/mol. The van der Waals surface area contributed by atoms with Gasteiger partial charge in [-0.3, -0.25) is 4.79 Å². The van der Waals surface area contributed by atoms with E-state index in [1.165, 1.54) is 24.0 Å². The summed E-state index contributed by atoms with van der Waals surface area (Å²) in [4.78, 5) is 12.3. The second-order valence-electron chi connectivity index (χ2n) is 5.63. The Balaban J connectivity index is 2.07. The number of aromatic nitrogens is 1. The zero-order chi connectivity index (χ0) is 14.8. The molecule has 3 rings (SSSR count). The molecule has 0 amide bonds. The highest BCUT2D eigenvalue weighted by atomic mass is 16.1. The van der Waals surface area contributed by atoms with Crippen molar-refractivity contribution in [1.82, 2.24) is 4.57 Å². The number of fused-ring (bicyclic) bond motifs is 1. The molecule has 0 N–H and O–H groups in total. The maximum atomic E-state index is 12.3. The van der Waals surface area contributed by atoms with Crippen molar-refractivity contribution in [1.29, 1.82) is 5.26 Å². The molecule has 0 aliphatic heterocycles. The first kappa shape index (κ1) is 13.6. The average Bonchev–Trinajstić information content (AvgIpc) is 2.52. The van der Waals surface area contributed by atoms with Crippen LogP contribution in [0.2, 0.25) is 0 Å². The predicted octanol–water partition coefficient (Wildman–Crippen LogP) is 3.00. The van der Waals surface area contributed by atoms with E-state index in [1.807, 2.05) is 12.1 Å². The molecule has 2 aromatic rings. The van der Waals surface area contributed by atoms with E-state index in [0.29, 0.717) is 5.56 Å². The van der Waals surface area contributed by atoms with E-state index >= 15 is 0 Å². The molecule has 0 atom stereocenters. The minimum atomic E-state index is -0.0771. The number of hydrogen-bond acceptors (Lipinski definition) is 2. The van der Waals surface area contributed by atoms with Gasteiger partial charge in [0.05, 0.1) is 18.2 Å². The van der Waals surface area contributed by atoms with Crippen LogP contribution in [0.4, 0.5) is 0 Å². The lowest BCUT2D eigenvalue weighted by atomic mass is 9.90. The summed E-state index contributed by atoms with van der Waals surface area (Å²) in [5.41, 5.74) is 5.32. The second-order valence-corrected chi connectivity index (χ2v) is 5.63. The Morgan fingerprint density at radius 3 is 2.67 bits per heavy atom. The second kappa shape index (κ2) is 5.57. The smallest absolute Gasteiger partial charge is 0.255 e. The average molecular weight is 278 g/mol. The van der Waals surface area contributed by atoms with E-state index in [-0.39, 0.29) is 12.0 Å². The van der Waals surface area contributed by atoms with E-state index in [9.17, 15) is 4.79 Å². The molecule has 1 aliphatic rings. The van der Waals surface area contributed by atoms with Crippen LogP contribution in [0.25, 0.3) is 11.3 Å². The highest BCUT2D eigenvalue weighted by Gasteiger charge is 2.12. The number of nitriles is 1. The molecular weight excluding hydrogens is 260 g/mol. The molecule has 106 valence electrons. The normalized spacial score (nSPS) is 13.5. The van der Waals surface area contributed by atoms with Crippen molar-refractivity contribution in [3.05, 3.63) is 57.4 Å². The maximum absolute atomic E-state index is 12.3. The number of pyridine rings is 1. The third-order valence-corrected chi connectivity index (χ3v) is 4.30. The summed E-state index contributed by atoms with van der Waals surface area (Å²) in [6.07, 6.45) is 4.97. The fraction of sp³-hybridized carbons (Fsp3) is 0.333. The molecule has 3 heteroatoms. The van der Waals surface area contributed by atoms with E-state index in [4.69, 9.17) is 5.26 Å². The Morgan fingerprint density at radius 2 is 1.90 bits per heavy atom. The highest BCUT2D eigenvalue weighted by molar-refractivity contribution is 5.62. The lowest BCUT2D eigenvalue weighted by molar-refractivity contribution is 0.685. The minimum Gasteiger partial charge on any atom is -0.311 e. The van der Waals surface area contributed by atoms with Crippen LogP contribution in [0.1, 0.15) is 29.5 Å². The largest absolute Gasteiger partial charge is 0.311 e. The van der Waals surface area contributed by atoms with Crippen molar-refractivity contribution < 1.29 is 0 Å². The molecule has 1 aliphatic carbocycles. The van der Waals surface area contributed by atoms with Crippen LogP contribution in [-0.2, 0) is 26.3 Å². The summed E-state index contributed by atoms with van der Waals surface area (Å²) in [7, 11) is 1.78. The van der Waals surface area contributed by atoms with Crippen molar-refractivity contribution in [2.45, 2.75) is 32.1 Å². The third kappa shape index (κ3) is 2.50. The summed E-state index contributed by atoms with van der Waals surface area (Å²) in [6.45, 7) is 0. The van der Waals surface area contributed by atoms with Gasteiger partial charge < -0.3 is 4.57 Å². The van der Waals surface area contributed by atoms with E-state index in [1.54, 1.807) is 17.7 Å². The summed E-state index contributed by atoms with van der Waals surface area (Å²) >= 11 is 0. The minimum absolute atomic E-state index is 0.0771. The van der Waals surface area contributed by atoms with Crippen molar-refractivity contribution >= 4 is 0 Å². The van der Waals surface area contributed by atoms with Gasteiger partial charge in [-0.1, -0.05) is 18.2 Å². The fourth-order valence-corrected chi connectivity index (χ4v) is 3.09. The fourth-order valence-electron chi connectivity index (χ4n) is 3.09. The molecule has 0 spiro atoms. The number of hydrogen-bond donors (Lipinski definition) is 0. The molecule has 3 nitrogen and oxygen atoms in total. The zero-order valence-corrected chi connectivity index (χ0v) is 12.2. The molecule has 0 unspecified atom stereocenters. The standard InChI is InChI=1S/C18H18N2O/c1-20-17(9-8-14(10-11-19)18(20)21)16-7-6-13-4-2-3-5-15(13)12-16/h6-9,12H,2-5,10H2,1H3. The van der Waals surface area contributed by atoms with Gasteiger partial charge in [-0.25, -0.2) is 0 Å². The molecule has 0 saturated heterocycles. The van der Waals surface area contributed by atoms with Gasteiger partial charge in [0.15, 0.2) is 0 Å². The number of rotatable bonds is 2. The van der Waals surface area contributed by atoms with Crippen LogP contribution in [0, 0.1) is 11.3 Å². The number of benzene rings is 1. The highest BCUT2D eigenvalue weighted by Crippen LogP contribution is 2.26. The van der Waals surface area contributed by atoms with Gasteiger partial charge in [-0.05, 0) is 54.5 Å². The van der Waals surface area contributed by atoms with Gasteiger partial charge in [-0.15, -0.1) is 0 Å². The Morgan fingerprint density at radius 1 is 1.14 bits per heavy atom. The molecule has 1 aromatic carbocycles. The van der Waals surface area contributed by atoms with Gasteiger partial charge in [0.25, 0.3) is 5.56 Å². The Labute approximate surface area is 124 Å². The first-order valence-corrected chi connectivity index (χ1v) is 7.39. The van der Waals surface area contributed by atoms with Crippen molar-refractivity contribution in [3.63, 3.8) is 0 Å². The van der Waals surface area contributed by atoms with Gasteiger partial charge in [0.1, 0.15) is 0 Å². The van der Waals surface area contributed by atoms with E-state index in [2.05, 4.69) is 18.2 Å². The van der Waals surface area contributed by atoms with E-state index < -0.39 is 0 Å². The van der Waals surface area contributed by atoms with Gasteiger partial charge in [0.2, 0.25) is 0 Å². The van der Waals surface area contributed by atoms with Crippen molar-refractivity contribution in [2.75, 3.05) is 0 Å². The third-order valence-electron chi connectivity index (χ3n) is 4.30. The topological polar surface area (TPSA) is 45.8 Å². The van der Waals surface area contributed by atoms with Gasteiger partial charge in [-0.2, -0.15) is 5.26 Å². The lowest BCUT2D eigenvalue weighted by Gasteiger charge is -2.17. The summed E-state index contributed by atoms with van der Waals surface area (Å²) in [6, 6.07) is 12.3. The van der Waals surface area contributed by atoms with Crippen LogP contribution in [0.5, 0.6) is 0 Å². The van der Waals surface area contributed by atoms with Crippen LogP contribution in [0.3, 0.4) is 0 Å². The maximum Gasteiger partial charge on any atom is 0.255 e. The van der Waals surface area contributed by atoms with Crippen LogP contribution >= 0.6 is 0 Å². The Kier molecular flexibility index (Phi) is 3.62. The quantitative estimate of drug-likeness (QED) is 0.847. The molecule has 1 heterocycles. The van der Waals surface area contributed by atoms with Gasteiger partial charge in [0, 0.05) is 12.6 Å². The van der Waals surface area contributed by atoms with Crippen LogP contribution in [-0.4, -0.2) is 4.57 Å². The van der Waals surface area contributed by atoms with Crippen molar-refractivity contribution in [2.24, 2.45) is 7.05 Å². The molecule has 0 bridgehead atoms. The van der Waals surface area contributed by atoms with Crippen molar-refractivity contribution in [3.8, 4) is 17.3 Å². The van der Waals surface area contributed by atoms with Crippen LogP contribution < -0.4 is 5.56 Å². The Bertz CT molecular complexity index is 781. The molecule has 0 radical (unpaired) electrons. The summed E-state index contributed by atoms with van der Waals surface area (Å²) < 4.78 is 1.65. The number of nitrogens with zero attached hydrogens (tertiary/aromatic N) is 2. The molecular formula is C18H18N2O. The Hall–Kier alpha value is -2.34. The van der Waals surface area contributed by atoms with E-state index in [0.717, 1.165) is 24.1 Å². The lowest BCUT2D eigenvalue weighted by Crippen LogP contribution is -2.22. The summed E-state index contributed by atoms with van der Waals surface area (Å²) in [5, 5.41) is 8.76. The van der Waals surface area contributed by atoms with Crippen LogP contribution in [0.15, 0.2) is 35.1 Å². The van der Waals surface area contributed by atoms with Gasteiger partial charge >= 0.3 is 0 Å². The molecule has 21 heavy (non-hydrogen) atoms. The first-order valence-electron chi connectivity index (χ1n) is 7.39. The zero-order valence-electron chi connectivity index (χ0n) is 12.2.